The van der Waals surface area contributed by atoms with Crippen molar-refractivity contribution in [2.75, 3.05) is 25.1 Å². The Balaban J connectivity index is 1.33. The van der Waals surface area contributed by atoms with E-state index >= 15 is 0 Å². The number of oxime groups is 1. The number of aliphatic carboxylic acids is 1. The van der Waals surface area contributed by atoms with Crippen molar-refractivity contribution < 1.29 is 28.9 Å². The molecule has 17 heteroatoms. The predicted molar refractivity (Wildman–Crippen MR) is 139 cm³/mol. The Morgan fingerprint density at radius 3 is 2.92 bits per heavy atom. The van der Waals surface area contributed by atoms with Crippen LogP contribution in [-0.4, -0.2) is 78.1 Å². The molecule has 2 unspecified atom stereocenters. The Morgan fingerprint density at radius 2 is 2.23 bits per heavy atom. The van der Waals surface area contributed by atoms with Gasteiger partial charge in [0.05, 0.1) is 23.5 Å². The minimum absolute atomic E-state index is 0.0485. The first-order valence-electron chi connectivity index (χ1n) is 11.8. The number of β-lactam (4-membered cyclic amide) rings is 1. The summed E-state index contributed by atoms with van der Waals surface area (Å²) in [6, 6.07) is 0.916. The first-order valence-corrected chi connectivity index (χ1v) is 13.6. The fourth-order valence-electron chi connectivity index (χ4n) is 4.42. The molecule has 0 spiro atoms. The van der Waals surface area contributed by atoms with E-state index in [9.17, 15) is 19.5 Å². The van der Waals surface area contributed by atoms with Gasteiger partial charge in [0.1, 0.15) is 18.5 Å². The van der Waals surface area contributed by atoms with E-state index in [1.54, 1.807) is 6.33 Å². The number of fused-ring (bicyclic) bond motifs is 2. The number of imidazole rings is 1. The number of nitrogens with two attached hydrogens (primary N) is 2. The van der Waals surface area contributed by atoms with Gasteiger partial charge in [-0.15, -0.1) is 11.8 Å². The highest BCUT2D eigenvalue weighted by Gasteiger charge is 2.53. The molecule has 1 saturated heterocycles. The highest BCUT2D eigenvalue weighted by atomic mass is 32.2. The van der Waals surface area contributed by atoms with Crippen LogP contribution in [0.3, 0.4) is 0 Å². The van der Waals surface area contributed by atoms with Gasteiger partial charge in [-0.25, -0.2) is 4.98 Å². The number of nitrogens with one attached hydrogen (secondary N) is 1. The first kappa shape index (κ1) is 26.5. The molecule has 2 amide bonds. The Hall–Kier alpha value is -4.09. The molecule has 0 saturated carbocycles. The first-order chi connectivity index (χ1) is 18.8. The molecule has 5 N–H and O–H groups in total. The van der Waals surface area contributed by atoms with Crippen LogP contribution < -0.4 is 26.5 Å². The van der Waals surface area contributed by atoms with Crippen LogP contribution in [0.25, 0.3) is 11.0 Å². The summed E-state index contributed by atoms with van der Waals surface area (Å²) in [4.78, 5) is 52.3. The molecule has 1 fully saturated rings. The third kappa shape index (κ3) is 5.02. The number of nitrogen functional groups attached to an aromatic ring is 1. The van der Waals surface area contributed by atoms with E-state index in [0.717, 1.165) is 40.4 Å². The smallest absolute Gasteiger partial charge is 0.278 e. The number of anilines is 1. The maximum absolute atomic E-state index is 13.1. The summed E-state index contributed by atoms with van der Waals surface area (Å²) in [5.74, 6) is -2.55. The number of hydrogen-bond acceptors (Lipinski definition) is 13. The Bertz CT molecular complexity index is 1520. The van der Waals surface area contributed by atoms with Crippen molar-refractivity contribution in [3.05, 3.63) is 41.9 Å². The van der Waals surface area contributed by atoms with E-state index in [-0.39, 0.29) is 28.9 Å². The van der Waals surface area contributed by atoms with Gasteiger partial charge in [0.15, 0.2) is 29.6 Å². The summed E-state index contributed by atoms with van der Waals surface area (Å²) in [5.41, 5.74) is 12.9. The van der Waals surface area contributed by atoms with Crippen LogP contribution in [-0.2, 0) is 32.3 Å². The van der Waals surface area contributed by atoms with E-state index < -0.39 is 29.2 Å². The lowest BCUT2D eigenvalue weighted by Crippen LogP contribution is -2.71. The Kier molecular flexibility index (Phi) is 7.45. The number of thioether (sulfide) groups is 1. The number of aromatic nitrogens is 5. The van der Waals surface area contributed by atoms with Gasteiger partial charge in [-0.3, -0.25) is 14.5 Å². The summed E-state index contributed by atoms with van der Waals surface area (Å²) < 4.78 is 7.77. The number of hydrogen-bond donors (Lipinski definition) is 3. The van der Waals surface area contributed by atoms with E-state index in [1.165, 1.54) is 18.9 Å². The molecule has 0 aliphatic carbocycles. The maximum Gasteiger partial charge on any atom is 0.278 e. The molecular weight excluding hydrogens is 548 g/mol. The average molecular weight is 573 g/mol. The molecule has 0 bridgehead atoms. The lowest BCUT2D eigenvalue weighted by molar-refractivity contribution is -0.687. The average Bonchev–Trinajstić information content (AvgIpc) is 3.54. The van der Waals surface area contributed by atoms with Crippen molar-refractivity contribution in [2.45, 2.75) is 30.9 Å². The number of carboxylic acids is 1. The third-order valence-electron chi connectivity index (χ3n) is 6.18. The summed E-state index contributed by atoms with van der Waals surface area (Å²) in [6.45, 7) is 1.54. The Labute approximate surface area is 229 Å². The van der Waals surface area contributed by atoms with Gasteiger partial charge in [0.25, 0.3) is 11.8 Å². The zero-order chi connectivity index (χ0) is 27.7. The molecule has 3 aromatic rings. The monoisotopic (exact) mass is 572 g/mol. The van der Waals surface area contributed by atoms with Gasteiger partial charge in [-0.05, 0) is 13.0 Å². The summed E-state index contributed by atoms with van der Waals surface area (Å²) in [6.07, 6.45) is 6.22. The molecule has 5 heterocycles. The zero-order valence-electron chi connectivity index (χ0n) is 20.6. The van der Waals surface area contributed by atoms with Crippen molar-refractivity contribution in [2.24, 2.45) is 10.9 Å². The number of rotatable bonds is 10. The van der Waals surface area contributed by atoms with Crippen molar-refractivity contribution in [1.82, 2.24) is 29.1 Å². The minimum atomic E-state index is -1.47. The number of carbonyl (C=O) groups is 3. The van der Waals surface area contributed by atoms with Crippen molar-refractivity contribution in [1.29, 1.82) is 0 Å². The largest absolute Gasteiger partial charge is 0.543 e. The molecule has 15 nitrogen and oxygen atoms in total. The second kappa shape index (κ2) is 11.0. The van der Waals surface area contributed by atoms with Gasteiger partial charge in [-0.2, -0.15) is 13.9 Å². The van der Waals surface area contributed by atoms with Crippen molar-refractivity contribution >= 4 is 63.0 Å². The Morgan fingerprint density at radius 1 is 1.41 bits per heavy atom. The van der Waals surface area contributed by atoms with Gasteiger partial charge in [0.2, 0.25) is 11.5 Å². The van der Waals surface area contributed by atoms with E-state index in [0.29, 0.717) is 17.9 Å². The van der Waals surface area contributed by atoms with Crippen LogP contribution in [0.5, 0.6) is 0 Å². The quantitative estimate of drug-likeness (QED) is 0.101. The summed E-state index contributed by atoms with van der Waals surface area (Å²) in [7, 11) is 1.25. The lowest BCUT2D eigenvalue weighted by Gasteiger charge is -2.50. The van der Waals surface area contributed by atoms with Crippen LogP contribution in [0, 0.1) is 0 Å². The summed E-state index contributed by atoms with van der Waals surface area (Å²) >= 11 is 2.21. The second-order valence-electron chi connectivity index (χ2n) is 8.65. The fourth-order valence-corrected chi connectivity index (χ4v) is 6.19. The molecule has 3 aromatic heterocycles. The zero-order valence-corrected chi connectivity index (χ0v) is 22.3. The lowest BCUT2D eigenvalue weighted by atomic mass is 10.0. The third-order valence-corrected chi connectivity index (χ3v) is 8.06. The normalized spacial score (nSPS) is 19.2. The van der Waals surface area contributed by atoms with E-state index in [1.807, 2.05) is 27.6 Å². The van der Waals surface area contributed by atoms with Gasteiger partial charge < -0.3 is 36.1 Å². The number of carbonyl (C=O) groups excluding carboxylic acids is 3. The van der Waals surface area contributed by atoms with E-state index in [4.69, 9.17) is 16.3 Å². The topological polar surface area (TPSA) is 211 Å². The van der Waals surface area contributed by atoms with Crippen LogP contribution in [0.1, 0.15) is 12.2 Å². The predicted octanol–water partition coefficient (Wildman–Crippen LogP) is -2.44. The van der Waals surface area contributed by atoms with Gasteiger partial charge >= 0.3 is 0 Å². The molecule has 0 aromatic carbocycles. The molecule has 5 rings (SSSR count). The van der Waals surface area contributed by atoms with Crippen LogP contribution in [0.2, 0.25) is 0 Å². The number of amides is 2. The molecule has 204 valence electrons. The number of nitrogens with zero attached hydrogens (tertiary/aromatic N) is 7. The van der Waals surface area contributed by atoms with Crippen molar-refractivity contribution in [3.63, 3.8) is 0 Å². The standard InChI is InChI=1S/C22H24N10O5S2/c1-37-28-14(17-27-22(24)39-29-17)18(33)26-15-19(34)32-16(21(35)36)11(9-38-20(15)32)7-30-6-3-13-12(8-30)25-10-31(13)5-2-4-23/h3,6,8,10,15,20H,2,4-5,7,9,23H2,1H3,(H3-,24,26,27,29,33,35,36)/b28-14+. The minimum Gasteiger partial charge on any atom is -0.543 e. The van der Waals surface area contributed by atoms with Crippen LogP contribution in [0.15, 0.2) is 41.2 Å². The van der Waals surface area contributed by atoms with Gasteiger partial charge in [0, 0.05) is 35.5 Å². The number of carboxylic acid groups (broad SMARTS) is 1. The van der Waals surface area contributed by atoms with Crippen LogP contribution >= 0.6 is 23.3 Å². The van der Waals surface area contributed by atoms with Crippen molar-refractivity contribution in [3.8, 4) is 0 Å². The molecular formula is C22H24N10O5S2. The van der Waals surface area contributed by atoms with E-state index in [2.05, 4.69) is 24.8 Å². The summed E-state index contributed by atoms with van der Waals surface area (Å²) in [5, 5.41) is 17.9. The molecule has 2 atom stereocenters. The van der Waals surface area contributed by atoms with Crippen LogP contribution in [0.4, 0.5) is 5.13 Å². The van der Waals surface area contributed by atoms with Gasteiger partial charge in [-0.1, -0.05) is 5.16 Å². The molecule has 2 aliphatic heterocycles. The number of aryl methyl sites for hydroxylation is 1. The second-order valence-corrected chi connectivity index (χ2v) is 10.5. The highest BCUT2D eigenvalue weighted by Crippen LogP contribution is 2.40. The number of pyridine rings is 1. The fraction of sp³-hybridized carbons (Fsp3) is 0.364. The maximum atomic E-state index is 13.1. The SMILES string of the molecule is CO/N=C(/C(=O)NC1C(=O)N2C(C(=O)[O-])=C(C[n+]3ccc4c(c3)ncn4CCCN)CSC12)c1nsc(N)n1. The molecule has 39 heavy (non-hydrogen) atoms. The molecule has 0 radical (unpaired) electrons. The highest BCUT2D eigenvalue weighted by molar-refractivity contribution is 8.00. The molecule has 2 aliphatic rings.